The van der Waals surface area contributed by atoms with E-state index in [1.807, 2.05) is 19.1 Å². The number of nitrogens with two attached hydrogens (primary N) is 1. The summed E-state index contributed by atoms with van der Waals surface area (Å²) in [4.78, 5) is 16.0. The first-order valence-electron chi connectivity index (χ1n) is 5.70. The Labute approximate surface area is 105 Å². The minimum absolute atomic E-state index is 0.226. The molecule has 0 spiro atoms. The minimum atomic E-state index is -0.226. The van der Waals surface area contributed by atoms with Crippen molar-refractivity contribution in [3.05, 3.63) is 42.0 Å². The summed E-state index contributed by atoms with van der Waals surface area (Å²) in [5, 5.41) is 6.83. The molecule has 2 heterocycles. The first kappa shape index (κ1) is 12.1. The number of nitrogens with one attached hydrogen (secondary N) is 1. The van der Waals surface area contributed by atoms with Gasteiger partial charge in [0.25, 0.3) is 5.91 Å². The third-order valence-corrected chi connectivity index (χ3v) is 2.56. The Hall–Kier alpha value is -2.37. The van der Waals surface area contributed by atoms with Crippen molar-refractivity contribution in [2.75, 3.05) is 5.73 Å². The molecule has 0 bridgehead atoms. The van der Waals surface area contributed by atoms with E-state index in [1.54, 1.807) is 17.1 Å². The average molecular weight is 245 g/mol. The quantitative estimate of drug-likeness (QED) is 0.834. The first-order chi connectivity index (χ1) is 8.72. The predicted molar refractivity (Wildman–Crippen MR) is 67.7 cm³/mol. The summed E-state index contributed by atoms with van der Waals surface area (Å²) >= 11 is 0. The van der Waals surface area contributed by atoms with Crippen molar-refractivity contribution < 1.29 is 4.79 Å². The van der Waals surface area contributed by atoms with Crippen LogP contribution in [0, 0.1) is 0 Å². The number of anilines is 1. The molecule has 2 aromatic heterocycles. The maximum absolute atomic E-state index is 12.0. The van der Waals surface area contributed by atoms with E-state index in [9.17, 15) is 4.79 Å². The van der Waals surface area contributed by atoms with Crippen molar-refractivity contribution in [2.24, 2.45) is 0 Å². The zero-order valence-electron chi connectivity index (χ0n) is 10.1. The first-order valence-corrected chi connectivity index (χ1v) is 5.70. The van der Waals surface area contributed by atoms with E-state index >= 15 is 0 Å². The Morgan fingerprint density at radius 1 is 1.50 bits per heavy atom. The molecule has 1 amide bonds. The number of pyridine rings is 1. The lowest BCUT2D eigenvalue weighted by molar-refractivity contribution is 0.0941. The Kier molecular flexibility index (Phi) is 3.57. The third kappa shape index (κ3) is 2.48. The number of amides is 1. The monoisotopic (exact) mass is 245 g/mol. The highest BCUT2D eigenvalue weighted by molar-refractivity contribution is 5.97. The molecular formula is C12H15N5O. The van der Waals surface area contributed by atoms with Crippen LogP contribution in [0.3, 0.4) is 0 Å². The summed E-state index contributed by atoms with van der Waals surface area (Å²) in [6.45, 7) is 2.93. The van der Waals surface area contributed by atoms with E-state index in [4.69, 9.17) is 5.73 Å². The molecule has 0 saturated carbocycles. The number of rotatable bonds is 4. The Bertz CT molecular complexity index is 535. The summed E-state index contributed by atoms with van der Waals surface area (Å²) in [5.74, 6) is -0.226. The molecule has 18 heavy (non-hydrogen) atoms. The zero-order valence-corrected chi connectivity index (χ0v) is 10.1. The molecular weight excluding hydrogens is 230 g/mol. The maximum Gasteiger partial charge on any atom is 0.271 e. The largest absolute Gasteiger partial charge is 0.396 e. The smallest absolute Gasteiger partial charge is 0.271 e. The SMILES string of the molecule is CCn1ncc(N)c1C(=O)NCc1cccnc1. The van der Waals surface area contributed by atoms with Gasteiger partial charge in [-0.15, -0.1) is 0 Å². The highest BCUT2D eigenvalue weighted by Gasteiger charge is 2.15. The summed E-state index contributed by atoms with van der Waals surface area (Å²) in [6.07, 6.45) is 4.89. The van der Waals surface area contributed by atoms with Gasteiger partial charge in [0.05, 0.1) is 11.9 Å². The average Bonchev–Trinajstić information content (AvgIpc) is 2.78. The molecule has 0 atom stereocenters. The normalized spacial score (nSPS) is 10.3. The highest BCUT2D eigenvalue weighted by Crippen LogP contribution is 2.10. The van der Waals surface area contributed by atoms with E-state index < -0.39 is 0 Å². The van der Waals surface area contributed by atoms with Gasteiger partial charge in [0, 0.05) is 25.5 Å². The molecule has 94 valence electrons. The molecule has 3 N–H and O–H groups in total. The third-order valence-electron chi connectivity index (χ3n) is 2.56. The molecule has 2 rings (SSSR count). The van der Waals surface area contributed by atoms with Crippen LogP contribution in [0.4, 0.5) is 5.69 Å². The second kappa shape index (κ2) is 5.31. The molecule has 0 fully saturated rings. The number of carbonyl (C=O) groups excluding carboxylic acids is 1. The van der Waals surface area contributed by atoms with E-state index in [-0.39, 0.29) is 5.91 Å². The van der Waals surface area contributed by atoms with Crippen LogP contribution in [0.1, 0.15) is 23.0 Å². The molecule has 6 heteroatoms. The van der Waals surface area contributed by atoms with Gasteiger partial charge in [-0.05, 0) is 18.6 Å². The molecule has 2 aromatic rings. The van der Waals surface area contributed by atoms with Crippen LogP contribution in [0.15, 0.2) is 30.7 Å². The molecule has 0 aliphatic heterocycles. The van der Waals surface area contributed by atoms with Crippen LogP contribution in [0.25, 0.3) is 0 Å². The van der Waals surface area contributed by atoms with Gasteiger partial charge in [0.2, 0.25) is 0 Å². The molecule has 0 aliphatic rings. The standard InChI is InChI=1S/C12H15N5O/c1-2-17-11(10(13)8-16-17)12(18)15-7-9-4-3-5-14-6-9/h3-6,8H,2,7,13H2,1H3,(H,15,18). The topological polar surface area (TPSA) is 85.8 Å². The number of aryl methyl sites for hydroxylation is 1. The van der Waals surface area contributed by atoms with Crippen molar-refractivity contribution in [2.45, 2.75) is 20.0 Å². The fraction of sp³-hybridized carbons (Fsp3) is 0.250. The summed E-state index contributed by atoms with van der Waals surface area (Å²) in [7, 11) is 0. The molecule has 0 saturated heterocycles. The molecule has 6 nitrogen and oxygen atoms in total. The van der Waals surface area contributed by atoms with Gasteiger partial charge < -0.3 is 11.1 Å². The number of hydrogen-bond donors (Lipinski definition) is 2. The van der Waals surface area contributed by atoms with Gasteiger partial charge in [-0.3, -0.25) is 14.5 Å². The number of carbonyl (C=O) groups is 1. The lowest BCUT2D eigenvalue weighted by Crippen LogP contribution is -2.26. The van der Waals surface area contributed by atoms with Crippen LogP contribution < -0.4 is 11.1 Å². The van der Waals surface area contributed by atoms with E-state index in [0.717, 1.165) is 5.56 Å². The predicted octanol–water partition coefficient (Wildman–Crippen LogP) is 0.810. The second-order valence-electron chi connectivity index (χ2n) is 3.81. The van der Waals surface area contributed by atoms with Gasteiger partial charge in [0.1, 0.15) is 5.69 Å². The lowest BCUT2D eigenvalue weighted by Gasteiger charge is -2.07. The Balaban J connectivity index is 2.06. The summed E-state index contributed by atoms with van der Waals surface area (Å²) in [6, 6.07) is 3.72. The fourth-order valence-electron chi connectivity index (χ4n) is 1.66. The van der Waals surface area contributed by atoms with Crippen molar-refractivity contribution in [1.29, 1.82) is 0 Å². The van der Waals surface area contributed by atoms with Crippen LogP contribution in [-0.2, 0) is 13.1 Å². The van der Waals surface area contributed by atoms with E-state index in [0.29, 0.717) is 24.5 Å². The number of aromatic nitrogens is 3. The fourth-order valence-corrected chi connectivity index (χ4v) is 1.66. The van der Waals surface area contributed by atoms with Crippen LogP contribution >= 0.6 is 0 Å². The number of nitrogens with zero attached hydrogens (tertiary/aromatic N) is 3. The highest BCUT2D eigenvalue weighted by atomic mass is 16.2. The van der Waals surface area contributed by atoms with E-state index in [1.165, 1.54) is 6.20 Å². The second-order valence-corrected chi connectivity index (χ2v) is 3.81. The minimum Gasteiger partial charge on any atom is -0.396 e. The van der Waals surface area contributed by atoms with Gasteiger partial charge in [-0.2, -0.15) is 5.10 Å². The van der Waals surface area contributed by atoms with Gasteiger partial charge in [-0.25, -0.2) is 0 Å². The molecule has 0 aliphatic carbocycles. The Morgan fingerprint density at radius 3 is 3.00 bits per heavy atom. The molecule has 0 unspecified atom stereocenters. The Morgan fingerprint density at radius 2 is 2.33 bits per heavy atom. The number of nitrogen functional groups attached to an aromatic ring is 1. The molecule has 0 aromatic carbocycles. The number of hydrogen-bond acceptors (Lipinski definition) is 4. The van der Waals surface area contributed by atoms with E-state index in [2.05, 4.69) is 15.4 Å². The van der Waals surface area contributed by atoms with Crippen LogP contribution in [0.5, 0.6) is 0 Å². The lowest BCUT2D eigenvalue weighted by atomic mass is 10.2. The van der Waals surface area contributed by atoms with Gasteiger partial charge in [-0.1, -0.05) is 6.07 Å². The van der Waals surface area contributed by atoms with Crippen molar-refractivity contribution in [3.63, 3.8) is 0 Å². The van der Waals surface area contributed by atoms with Crippen molar-refractivity contribution in [3.8, 4) is 0 Å². The summed E-state index contributed by atoms with van der Waals surface area (Å²) in [5.41, 5.74) is 7.46. The maximum atomic E-state index is 12.0. The van der Waals surface area contributed by atoms with Crippen molar-refractivity contribution in [1.82, 2.24) is 20.1 Å². The van der Waals surface area contributed by atoms with Gasteiger partial charge >= 0.3 is 0 Å². The van der Waals surface area contributed by atoms with Gasteiger partial charge in [0.15, 0.2) is 0 Å². The zero-order chi connectivity index (χ0) is 13.0. The summed E-state index contributed by atoms with van der Waals surface area (Å²) < 4.78 is 1.58. The van der Waals surface area contributed by atoms with Crippen molar-refractivity contribution >= 4 is 11.6 Å². The van der Waals surface area contributed by atoms with Crippen LogP contribution in [-0.4, -0.2) is 20.7 Å². The van der Waals surface area contributed by atoms with Crippen LogP contribution in [0.2, 0.25) is 0 Å². The molecule has 0 radical (unpaired) electrons.